The minimum absolute atomic E-state index is 0.243. The molecule has 0 unspecified atom stereocenters. The zero-order chi connectivity index (χ0) is 16.7. The number of rotatable bonds is 7. The van der Waals surface area contributed by atoms with Gasteiger partial charge in [0.15, 0.2) is 5.69 Å². The molecule has 0 saturated heterocycles. The van der Waals surface area contributed by atoms with Gasteiger partial charge in [0.1, 0.15) is 5.82 Å². The van der Waals surface area contributed by atoms with Crippen LogP contribution in [-0.2, 0) is 0 Å². The highest BCUT2D eigenvalue weighted by Crippen LogP contribution is 2.20. The van der Waals surface area contributed by atoms with E-state index < -0.39 is 0 Å². The number of carbonyl (C=O) groups is 1. The highest BCUT2D eigenvalue weighted by Gasteiger charge is 2.11. The lowest BCUT2D eigenvalue weighted by Gasteiger charge is -2.11. The molecule has 2 N–H and O–H groups in total. The Balaban J connectivity index is 1.97. The van der Waals surface area contributed by atoms with Crippen LogP contribution in [0.3, 0.4) is 0 Å². The summed E-state index contributed by atoms with van der Waals surface area (Å²) in [5.74, 6) is 0.456. The van der Waals surface area contributed by atoms with Crippen LogP contribution in [0.4, 0.5) is 11.5 Å². The fraction of sp³-hybridized carbons (Fsp3) is 0.389. The van der Waals surface area contributed by atoms with E-state index in [1.165, 1.54) is 12.8 Å². The molecule has 5 heteroatoms. The number of anilines is 2. The van der Waals surface area contributed by atoms with Gasteiger partial charge in [-0.25, -0.2) is 0 Å². The van der Waals surface area contributed by atoms with Crippen molar-refractivity contribution < 1.29 is 4.79 Å². The van der Waals surface area contributed by atoms with Gasteiger partial charge in [-0.1, -0.05) is 38.0 Å². The molecule has 2 aromatic rings. The van der Waals surface area contributed by atoms with Gasteiger partial charge in [-0.2, -0.15) is 0 Å². The summed E-state index contributed by atoms with van der Waals surface area (Å²) in [5, 5.41) is 14.2. The Morgan fingerprint density at radius 1 is 1.04 bits per heavy atom. The molecule has 1 aromatic carbocycles. The van der Waals surface area contributed by atoms with Gasteiger partial charge in [-0.05, 0) is 43.5 Å². The van der Waals surface area contributed by atoms with Crippen LogP contribution in [-0.4, -0.2) is 22.6 Å². The number of nitrogens with one attached hydrogen (secondary N) is 2. The molecule has 122 valence electrons. The first-order valence-electron chi connectivity index (χ1n) is 8.07. The third-order valence-electron chi connectivity index (χ3n) is 3.70. The highest BCUT2D eigenvalue weighted by atomic mass is 16.1. The molecule has 1 aromatic heterocycles. The minimum Gasteiger partial charge on any atom is -0.369 e. The van der Waals surface area contributed by atoms with Crippen molar-refractivity contribution in [3.63, 3.8) is 0 Å². The Labute approximate surface area is 137 Å². The molecule has 0 spiro atoms. The predicted octanol–water partition coefficient (Wildman–Crippen LogP) is 3.95. The third kappa shape index (κ3) is 4.77. The molecule has 23 heavy (non-hydrogen) atoms. The Kier molecular flexibility index (Phi) is 6.09. The van der Waals surface area contributed by atoms with Crippen LogP contribution in [0.25, 0.3) is 0 Å². The maximum Gasteiger partial charge on any atom is 0.276 e. The zero-order valence-electron chi connectivity index (χ0n) is 14.0. The number of nitrogens with zero attached hydrogens (tertiary/aromatic N) is 2. The molecule has 5 nitrogen and oxygen atoms in total. The second-order valence-corrected chi connectivity index (χ2v) is 5.66. The molecule has 0 aliphatic rings. The summed E-state index contributed by atoms with van der Waals surface area (Å²) in [6, 6.07) is 9.39. The summed E-state index contributed by atoms with van der Waals surface area (Å²) in [5.41, 5.74) is 3.20. The lowest BCUT2D eigenvalue weighted by atomic mass is 10.1. The number of unbranched alkanes of at least 4 members (excludes halogenated alkanes) is 2. The van der Waals surface area contributed by atoms with Crippen molar-refractivity contribution in [1.82, 2.24) is 10.2 Å². The molecule has 0 radical (unpaired) electrons. The summed E-state index contributed by atoms with van der Waals surface area (Å²) in [7, 11) is 0. The van der Waals surface area contributed by atoms with E-state index in [2.05, 4.69) is 27.8 Å². The van der Waals surface area contributed by atoms with Gasteiger partial charge in [0.05, 0.1) is 0 Å². The standard InChI is InChI=1S/C18H24N4O/c1-4-5-6-12-19-16-11-10-15(21-22-16)18(23)20-17-13(2)8-7-9-14(17)3/h7-11H,4-6,12H2,1-3H3,(H,19,22)(H,20,23). The Morgan fingerprint density at radius 3 is 2.39 bits per heavy atom. The van der Waals surface area contributed by atoms with Crippen molar-refractivity contribution in [3.8, 4) is 0 Å². The molecular formula is C18H24N4O. The predicted molar refractivity (Wildman–Crippen MR) is 93.9 cm³/mol. The van der Waals surface area contributed by atoms with Crippen molar-refractivity contribution in [2.75, 3.05) is 17.2 Å². The van der Waals surface area contributed by atoms with Crippen LogP contribution in [0.15, 0.2) is 30.3 Å². The number of aryl methyl sites for hydroxylation is 2. The summed E-state index contributed by atoms with van der Waals surface area (Å²) < 4.78 is 0. The van der Waals surface area contributed by atoms with Gasteiger partial charge in [0.2, 0.25) is 0 Å². The van der Waals surface area contributed by atoms with Gasteiger partial charge in [-0.15, -0.1) is 10.2 Å². The van der Waals surface area contributed by atoms with E-state index in [1.54, 1.807) is 12.1 Å². The van der Waals surface area contributed by atoms with Crippen molar-refractivity contribution >= 4 is 17.4 Å². The quantitative estimate of drug-likeness (QED) is 0.760. The van der Waals surface area contributed by atoms with Crippen LogP contribution in [0.5, 0.6) is 0 Å². The molecule has 0 saturated carbocycles. The monoisotopic (exact) mass is 312 g/mol. The van der Waals surface area contributed by atoms with Gasteiger partial charge >= 0.3 is 0 Å². The average molecular weight is 312 g/mol. The van der Waals surface area contributed by atoms with Gasteiger partial charge in [-0.3, -0.25) is 4.79 Å². The minimum atomic E-state index is -0.243. The van der Waals surface area contributed by atoms with E-state index in [1.807, 2.05) is 32.0 Å². The van der Waals surface area contributed by atoms with Crippen molar-refractivity contribution in [2.24, 2.45) is 0 Å². The number of hydrogen-bond donors (Lipinski definition) is 2. The molecule has 2 rings (SSSR count). The number of carbonyl (C=O) groups excluding carboxylic acids is 1. The van der Waals surface area contributed by atoms with E-state index in [4.69, 9.17) is 0 Å². The number of hydrogen-bond acceptors (Lipinski definition) is 4. The van der Waals surface area contributed by atoms with Crippen LogP contribution in [0.2, 0.25) is 0 Å². The van der Waals surface area contributed by atoms with Crippen LogP contribution < -0.4 is 10.6 Å². The smallest absolute Gasteiger partial charge is 0.276 e. The average Bonchev–Trinajstić information content (AvgIpc) is 2.55. The Bertz CT molecular complexity index is 632. The molecule has 0 fully saturated rings. The van der Waals surface area contributed by atoms with Crippen LogP contribution in [0.1, 0.15) is 47.8 Å². The third-order valence-corrected chi connectivity index (χ3v) is 3.70. The number of aromatic nitrogens is 2. The molecule has 0 atom stereocenters. The topological polar surface area (TPSA) is 66.9 Å². The first kappa shape index (κ1) is 16.9. The number of para-hydroxylation sites is 1. The van der Waals surface area contributed by atoms with Crippen LogP contribution >= 0.6 is 0 Å². The highest BCUT2D eigenvalue weighted by molar-refractivity contribution is 6.03. The van der Waals surface area contributed by atoms with E-state index in [-0.39, 0.29) is 5.91 Å². The Morgan fingerprint density at radius 2 is 1.78 bits per heavy atom. The largest absolute Gasteiger partial charge is 0.369 e. The van der Waals surface area contributed by atoms with Gasteiger partial charge in [0.25, 0.3) is 5.91 Å². The fourth-order valence-electron chi connectivity index (χ4n) is 2.33. The van der Waals surface area contributed by atoms with E-state index in [9.17, 15) is 4.79 Å². The van der Waals surface area contributed by atoms with Crippen molar-refractivity contribution in [1.29, 1.82) is 0 Å². The van der Waals surface area contributed by atoms with Crippen molar-refractivity contribution in [3.05, 3.63) is 47.2 Å². The molecule has 0 aliphatic heterocycles. The molecule has 1 amide bonds. The second-order valence-electron chi connectivity index (χ2n) is 5.66. The van der Waals surface area contributed by atoms with E-state index >= 15 is 0 Å². The van der Waals surface area contributed by atoms with Gasteiger partial charge < -0.3 is 10.6 Å². The lowest BCUT2D eigenvalue weighted by molar-refractivity contribution is 0.102. The molecular weight excluding hydrogens is 288 g/mol. The lowest BCUT2D eigenvalue weighted by Crippen LogP contribution is -2.16. The Hall–Kier alpha value is -2.43. The number of amides is 1. The van der Waals surface area contributed by atoms with Gasteiger partial charge in [0, 0.05) is 12.2 Å². The fourth-order valence-corrected chi connectivity index (χ4v) is 2.33. The molecule has 1 heterocycles. The maximum absolute atomic E-state index is 12.3. The summed E-state index contributed by atoms with van der Waals surface area (Å²) in [4.78, 5) is 12.3. The maximum atomic E-state index is 12.3. The first-order valence-corrected chi connectivity index (χ1v) is 8.07. The SMILES string of the molecule is CCCCCNc1ccc(C(=O)Nc2c(C)cccc2C)nn1. The zero-order valence-corrected chi connectivity index (χ0v) is 14.0. The number of benzene rings is 1. The summed E-state index contributed by atoms with van der Waals surface area (Å²) in [6.07, 6.45) is 3.48. The summed E-state index contributed by atoms with van der Waals surface area (Å²) in [6.45, 7) is 6.98. The van der Waals surface area contributed by atoms with E-state index in [0.29, 0.717) is 11.5 Å². The van der Waals surface area contributed by atoms with E-state index in [0.717, 1.165) is 29.8 Å². The van der Waals surface area contributed by atoms with Crippen LogP contribution in [0, 0.1) is 13.8 Å². The molecule has 0 bridgehead atoms. The summed E-state index contributed by atoms with van der Waals surface area (Å²) >= 11 is 0. The second kappa shape index (κ2) is 8.27. The first-order chi connectivity index (χ1) is 11.1. The normalized spacial score (nSPS) is 10.4. The van der Waals surface area contributed by atoms with Crippen molar-refractivity contribution in [2.45, 2.75) is 40.0 Å². The molecule has 0 aliphatic carbocycles.